The first-order chi connectivity index (χ1) is 12.0. The molecule has 1 aromatic heterocycles. The molecule has 25 heavy (non-hydrogen) atoms. The van der Waals surface area contributed by atoms with Gasteiger partial charge in [-0.3, -0.25) is 14.4 Å². The van der Waals surface area contributed by atoms with Gasteiger partial charge in [0.2, 0.25) is 6.79 Å². The first-order valence-corrected chi connectivity index (χ1v) is 8.33. The molecule has 0 aliphatic carbocycles. The number of ether oxygens (including phenoxy) is 3. The van der Waals surface area contributed by atoms with E-state index < -0.39 is 18.5 Å². The predicted octanol–water partition coefficient (Wildman–Crippen LogP) is 2.40. The van der Waals surface area contributed by atoms with E-state index in [4.69, 9.17) is 14.2 Å². The zero-order valence-corrected chi connectivity index (χ0v) is 14.2. The average molecular weight is 361 g/mol. The van der Waals surface area contributed by atoms with Gasteiger partial charge in [-0.1, -0.05) is 6.07 Å². The zero-order valence-electron chi connectivity index (χ0n) is 13.4. The summed E-state index contributed by atoms with van der Waals surface area (Å²) < 4.78 is 15.4. The van der Waals surface area contributed by atoms with Gasteiger partial charge >= 0.3 is 5.97 Å². The molecule has 0 bridgehead atoms. The molecule has 2 heterocycles. The lowest BCUT2D eigenvalue weighted by Gasteiger charge is -2.11. The number of rotatable bonds is 6. The van der Waals surface area contributed by atoms with Crippen molar-refractivity contribution >= 4 is 34.7 Å². The van der Waals surface area contributed by atoms with E-state index in [1.807, 2.05) is 17.5 Å². The molecule has 0 saturated carbocycles. The minimum atomic E-state index is -0.541. The van der Waals surface area contributed by atoms with Gasteiger partial charge < -0.3 is 19.5 Å². The van der Waals surface area contributed by atoms with Gasteiger partial charge in [-0.2, -0.15) is 0 Å². The predicted molar refractivity (Wildman–Crippen MR) is 90.2 cm³/mol. The van der Waals surface area contributed by atoms with Gasteiger partial charge in [0.25, 0.3) is 5.91 Å². The maximum absolute atomic E-state index is 12.0. The normalized spacial score (nSPS) is 11.9. The molecular weight excluding hydrogens is 346 g/mol. The standard InChI is InChI=1S/C17H15NO6S/c1-10(19)12-6-14-15(24-9-23-14)7-13(12)18-16(20)8-22-17(21)5-11-3-2-4-25-11/h2-4,6-7H,5,8-9H2,1H3,(H,18,20). The second-order valence-electron chi connectivity index (χ2n) is 5.27. The molecule has 0 unspecified atom stereocenters. The van der Waals surface area contributed by atoms with Crippen molar-refractivity contribution in [1.29, 1.82) is 0 Å². The van der Waals surface area contributed by atoms with Gasteiger partial charge in [0.1, 0.15) is 0 Å². The first-order valence-electron chi connectivity index (χ1n) is 7.45. The van der Waals surface area contributed by atoms with Crippen molar-refractivity contribution in [3.8, 4) is 11.5 Å². The number of hydrogen-bond acceptors (Lipinski definition) is 7. The molecular formula is C17H15NO6S. The maximum Gasteiger partial charge on any atom is 0.311 e. The summed E-state index contributed by atoms with van der Waals surface area (Å²) in [4.78, 5) is 36.4. The number of nitrogens with one attached hydrogen (secondary N) is 1. The summed E-state index contributed by atoms with van der Waals surface area (Å²) in [6, 6.07) is 6.69. The van der Waals surface area contributed by atoms with Crippen LogP contribution in [0.5, 0.6) is 11.5 Å². The lowest BCUT2D eigenvalue weighted by molar-refractivity contribution is -0.146. The highest BCUT2D eigenvalue weighted by Crippen LogP contribution is 2.37. The number of ketones is 1. The van der Waals surface area contributed by atoms with Crippen molar-refractivity contribution in [2.75, 3.05) is 18.7 Å². The SMILES string of the molecule is CC(=O)c1cc2c(cc1NC(=O)COC(=O)Cc1cccs1)OCO2. The zero-order chi connectivity index (χ0) is 17.8. The van der Waals surface area contributed by atoms with Crippen molar-refractivity contribution in [3.63, 3.8) is 0 Å². The van der Waals surface area contributed by atoms with E-state index in [1.54, 1.807) is 0 Å². The van der Waals surface area contributed by atoms with Crippen molar-refractivity contribution in [2.24, 2.45) is 0 Å². The number of esters is 1. The number of carbonyl (C=O) groups excluding carboxylic acids is 3. The third-order valence-electron chi connectivity index (χ3n) is 3.43. The van der Waals surface area contributed by atoms with Crippen LogP contribution in [0.15, 0.2) is 29.6 Å². The topological polar surface area (TPSA) is 90.9 Å². The summed E-state index contributed by atoms with van der Waals surface area (Å²) >= 11 is 1.44. The Morgan fingerprint density at radius 1 is 1.24 bits per heavy atom. The van der Waals surface area contributed by atoms with Gasteiger partial charge in [0.15, 0.2) is 23.9 Å². The van der Waals surface area contributed by atoms with E-state index in [0.29, 0.717) is 17.1 Å². The van der Waals surface area contributed by atoms with Crippen LogP contribution in [-0.2, 0) is 20.7 Å². The number of hydrogen-bond donors (Lipinski definition) is 1. The van der Waals surface area contributed by atoms with E-state index in [9.17, 15) is 14.4 Å². The molecule has 0 saturated heterocycles. The van der Waals surface area contributed by atoms with Crippen molar-refractivity contribution in [1.82, 2.24) is 0 Å². The summed E-state index contributed by atoms with van der Waals surface area (Å²) in [6.07, 6.45) is 0.119. The van der Waals surface area contributed by atoms with Gasteiger partial charge in [0, 0.05) is 16.5 Å². The fourth-order valence-corrected chi connectivity index (χ4v) is 2.97. The lowest BCUT2D eigenvalue weighted by atomic mass is 10.1. The van der Waals surface area contributed by atoms with Gasteiger partial charge in [0.05, 0.1) is 12.1 Å². The van der Waals surface area contributed by atoms with Crippen LogP contribution >= 0.6 is 11.3 Å². The summed E-state index contributed by atoms with van der Waals surface area (Å²) in [5, 5.41) is 4.43. The highest BCUT2D eigenvalue weighted by Gasteiger charge is 2.20. The number of Topliss-reactive ketones (excluding diaryl/α,β-unsaturated/α-hetero) is 1. The summed E-state index contributed by atoms with van der Waals surface area (Å²) in [6.45, 7) is 1.01. The van der Waals surface area contributed by atoms with E-state index in [0.717, 1.165) is 4.88 Å². The Hall–Kier alpha value is -2.87. The quantitative estimate of drug-likeness (QED) is 0.628. The van der Waals surface area contributed by atoms with Crippen LogP contribution < -0.4 is 14.8 Å². The molecule has 8 heteroatoms. The molecule has 0 atom stereocenters. The highest BCUT2D eigenvalue weighted by molar-refractivity contribution is 7.10. The Labute approximate surface area is 147 Å². The van der Waals surface area contributed by atoms with Crippen molar-refractivity contribution < 1.29 is 28.6 Å². The number of fused-ring (bicyclic) bond motifs is 1. The van der Waals surface area contributed by atoms with Crippen molar-refractivity contribution in [2.45, 2.75) is 13.3 Å². The number of thiophene rings is 1. The largest absolute Gasteiger partial charge is 0.455 e. The molecule has 1 aliphatic rings. The number of carbonyl (C=O) groups is 3. The fraction of sp³-hybridized carbons (Fsp3) is 0.235. The molecule has 7 nitrogen and oxygen atoms in total. The minimum Gasteiger partial charge on any atom is -0.455 e. The monoisotopic (exact) mass is 361 g/mol. The molecule has 0 spiro atoms. The molecule has 1 aliphatic heterocycles. The average Bonchev–Trinajstić information content (AvgIpc) is 3.23. The molecule has 3 rings (SSSR count). The van der Waals surface area contributed by atoms with Crippen LogP contribution in [0, 0.1) is 0 Å². The van der Waals surface area contributed by atoms with Gasteiger partial charge in [-0.15, -0.1) is 11.3 Å². The van der Waals surface area contributed by atoms with Gasteiger partial charge in [-0.05, 0) is 24.4 Å². The Balaban J connectivity index is 1.61. The molecule has 1 N–H and O–H groups in total. The van der Waals surface area contributed by atoms with Crippen LogP contribution in [0.2, 0.25) is 0 Å². The number of amides is 1. The van der Waals surface area contributed by atoms with Crippen LogP contribution in [0.1, 0.15) is 22.2 Å². The van der Waals surface area contributed by atoms with Crippen LogP contribution in [0.4, 0.5) is 5.69 Å². The van der Waals surface area contributed by atoms with Crippen LogP contribution in [0.25, 0.3) is 0 Å². The first kappa shape index (κ1) is 17.0. The lowest BCUT2D eigenvalue weighted by Crippen LogP contribution is -2.22. The Morgan fingerprint density at radius 3 is 2.68 bits per heavy atom. The summed E-state index contributed by atoms with van der Waals surface area (Å²) in [5.41, 5.74) is 0.582. The van der Waals surface area contributed by atoms with Gasteiger partial charge in [-0.25, -0.2) is 0 Å². The number of anilines is 1. The molecule has 0 radical (unpaired) electrons. The molecule has 1 aromatic carbocycles. The molecule has 130 valence electrons. The Kier molecular flexibility index (Phi) is 4.99. The Morgan fingerprint density at radius 2 is 2.00 bits per heavy atom. The third-order valence-corrected chi connectivity index (χ3v) is 4.31. The fourth-order valence-electron chi connectivity index (χ4n) is 2.28. The Bertz CT molecular complexity index is 815. The highest BCUT2D eigenvalue weighted by atomic mass is 32.1. The summed E-state index contributed by atoms with van der Waals surface area (Å²) in [7, 11) is 0. The molecule has 0 fully saturated rings. The van der Waals surface area contributed by atoms with Crippen LogP contribution in [-0.4, -0.2) is 31.1 Å². The third kappa shape index (κ3) is 4.16. The van der Waals surface area contributed by atoms with E-state index in [2.05, 4.69) is 5.32 Å². The molecule has 2 aromatic rings. The van der Waals surface area contributed by atoms with E-state index >= 15 is 0 Å². The second kappa shape index (κ2) is 7.35. The van der Waals surface area contributed by atoms with Crippen LogP contribution in [0.3, 0.4) is 0 Å². The minimum absolute atomic E-state index is 0.0599. The second-order valence-corrected chi connectivity index (χ2v) is 6.30. The smallest absolute Gasteiger partial charge is 0.311 e. The van der Waals surface area contributed by atoms with E-state index in [-0.39, 0.29) is 24.7 Å². The maximum atomic E-state index is 12.0. The summed E-state index contributed by atoms with van der Waals surface area (Å²) in [5.74, 6) is -0.375. The van der Waals surface area contributed by atoms with Crippen molar-refractivity contribution in [3.05, 3.63) is 40.1 Å². The van der Waals surface area contributed by atoms with E-state index in [1.165, 1.54) is 30.4 Å². The molecule has 1 amide bonds. The number of benzene rings is 1.